The standard InChI is InChI=1S/C22H17F2N7O/c23-13-3-4-18(24)16(8-13)19-2-1-6-30(19)15-5-7-31-20(10-15)17(12-26-31)22(32)27-21-9-14(11-25)28-29-21/h3-5,7-10,12,19H,1-2,6H2,(H2,27,28,29,32). The molecule has 0 spiro atoms. The van der Waals surface area contributed by atoms with Gasteiger partial charge in [-0.15, -0.1) is 0 Å². The number of pyridine rings is 1. The first kappa shape index (κ1) is 19.7. The first-order valence-corrected chi connectivity index (χ1v) is 9.99. The Morgan fingerprint density at radius 3 is 2.94 bits per heavy atom. The summed E-state index contributed by atoms with van der Waals surface area (Å²) in [7, 11) is 0. The van der Waals surface area contributed by atoms with Crippen molar-refractivity contribution >= 4 is 22.9 Å². The van der Waals surface area contributed by atoms with E-state index in [1.54, 1.807) is 10.7 Å². The summed E-state index contributed by atoms with van der Waals surface area (Å²) in [4.78, 5) is 14.8. The summed E-state index contributed by atoms with van der Waals surface area (Å²) in [5.74, 6) is -1.12. The van der Waals surface area contributed by atoms with Crippen LogP contribution in [0.3, 0.4) is 0 Å². The van der Waals surface area contributed by atoms with Crippen LogP contribution >= 0.6 is 0 Å². The minimum atomic E-state index is -0.476. The number of aromatic amines is 1. The van der Waals surface area contributed by atoms with Gasteiger partial charge in [-0.05, 0) is 43.2 Å². The van der Waals surface area contributed by atoms with E-state index in [-0.39, 0.29) is 17.6 Å². The lowest BCUT2D eigenvalue weighted by Crippen LogP contribution is -2.23. The van der Waals surface area contributed by atoms with Crippen LogP contribution in [0.2, 0.25) is 0 Å². The molecule has 160 valence electrons. The van der Waals surface area contributed by atoms with Gasteiger partial charge in [0.05, 0.1) is 23.3 Å². The van der Waals surface area contributed by atoms with Gasteiger partial charge in [0.2, 0.25) is 0 Å². The van der Waals surface area contributed by atoms with Crippen LogP contribution in [0.4, 0.5) is 20.3 Å². The number of H-pyrrole nitrogens is 1. The Kier molecular flexibility index (Phi) is 4.78. The number of nitrogens with zero attached hydrogens (tertiary/aromatic N) is 5. The number of aromatic nitrogens is 4. The number of hydrogen-bond donors (Lipinski definition) is 2. The summed E-state index contributed by atoms with van der Waals surface area (Å²) in [5.41, 5.74) is 2.21. The fraction of sp³-hybridized carbons (Fsp3) is 0.182. The third-order valence-corrected chi connectivity index (χ3v) is 5.59. The van der Waals surface area contributed by atoms with Crippen LogP contribution in [-0.2, 0) is 0 Å². The van der Waals surface area contributed by atoms with Gasteiger partial charge < -0.3 is 10.2 Å². The van der Waals surface area contributed by atoms with Crippen LogP contribution in [0, 0.1) is 23.0 Å². The molecule has 1 fully saturated rings. The Balaban J connectivity index is 1.47. The number of carbonyl (C=O) groups excluding carboxylic acids is 1. The Bertz CT molecular complexity index is 1370. The number of nitrogens with one attached hydrogen (secondary N) is 2. The number of hydrogen-bond acceptors (Lipinski definition) is 5. The van der Waals surface area contributed by atoms with E-state index in [1.807, 2.05) is 23.1 Å². The molecule has 5 rings (SSSR count). The SMILES string of the molecule is N#Cc1cc(NC(=O)c2cnn3ccc(N4CCCC4c4cc(F)ccc4F)cc23)n[nH]1. The Morgan fingerprint density at radius 2 is 2.12 bits per heavy atom. The van der Waals surface area contributed by atoms with E-state index in [0.717, 1.165) is 24.2 Å². The molecule has 0 aliphatic carbocycles. The van der Waals surface area contributed by atoms with E-state index in [1.165, 1.54) is 18.3 Å². The molecular formula is C22H17F2N7O. The van der Waals surface area contributed by atoms with Gasteiger partial charge in [0.25, 0.3) is 5.91 Å². The average molecular weight is 433 g/mol. The average Bonchev–Trinajstić information content (AvgIpc) is 3.54. The molecule has 32 heavy (non-hydrogen) atoms. The number of anilines is 2. The van der Waals surface area contributed by atoms with E-state index in [2.05, 4.69) is 20.6 Å². The predicted octanol–water partition coefficient (Wildman–Crippen LogP) is 3.80. The second-order valence-electron chi connectivity index (χ2n) is 7.52. The zero-order valence-electron chi connectivity index (χ0n) is 16.7. The van der Waals surface area contributed by atoms with Gasteiger partial charge in [-0.1, -0.05) is 0 Å². The number of amides is 1. The number of nitriles is 1. The molecule has 0 radical (unpaired) electrons. The number of halogens is 2. The summed E-state index contributed by atoms with van der Waals surface area (Å²) in [6.45, 7) is 0.677. The monoisotopic (exact) mass is 433 g/mol. The van der Waals surface area contributed by atoms with Crippen molar-refractivity contribution in [3.05, 3.63) is 77.2 Å². The molecule has 10 heteroatoms. The van der Waals surface area contributed by atoms with E-state index < -0.39 is 17.5 Å². The van der Waals surface area contributed by atoms with Crippen LogP contribution in [0.15, 0.2) is 48.8 Å². The summed E-state index contributed by atoms with van der Waals surface area (Å²) in [6.07, 6.45) is 4.69. The summed E-state index contributed by atoms with van der Waals surface area (Å²) in [5, 5.41) is 22.1. The lowest BCUT2D eigenvalue weighted by atomic mass is 10.0. The van der Waals surface area contributed by atoms with Gasteiger partial charge >= 0.3 is 0 Å². The Morgan fingerprint density at radius 1 is 1.25 bits per heavy atom. The molecule has 1 unspecified atom stereocenters. The molecule has 2 N–H and O–H groups in total. The fourth-order valence-corrected chi connectivity index (χ4v) is 4.12. The molecular weight excluding hydrogens is 416 g/mol. The highest BCUT2D eigenvalue weighted by atomic mass is 19.1. The highest BCUT2D eigenvalue weighted by Gasteiger charge is 2.29. The van der Waals surface area contributed by atoms with Gasteiger partial charge in [0.15, 0.2) is 5.82 Å². The molecule has 1 atom stereocenters. The van der Waals surface area contributed by atoms with Gasteiger partial charge in [0, 0.05) is 30.1 Å². The zero-order valence-corrected chi connectivity index (χ0v) is 16.7. The second-order valence-corrected chi connectivity index (χ2v) is 7.52. The van der Waals surface area contributed by atoms with E-state index in [9.17, 15) is 13.6 Å². The van der Waals surface area contributed by atoms with Crippen molar-refractivity contribution < 1.29 is 13.6 Å². The van der Waals surface area contributed by atoms with Gasteiger partial charge in [0.1, 0.15) is 23.4 Å². The van der Waals surface area contributed by atoms with Crippen molar-refractivity contribution in [2.24, 2.45) is 0 Å². The van der Waals surface area contributed by atoms with Crippen LogP contribution < -0.4 is 10.2 Å². The van der Waals surface area contributed by atoms with Crippen LogP contribution in [0.5, 0.6) is 0 Å². The first-order valence-electron chi connectivity index (χ1n) is 9.99. The minimum Gasteiger partial charge on any atom is -0.364 e. The molecule has 1 saturated heterocycles. The molecule has 1 amide bonds. The molecule has 1 aromatic carbocycles. The lowest BCUT2D eigenvalue weighted by Gasteiger charge is -2.27. The van der Waals surface area contributed by atoms with E-state index >= 15 is 0 Å². The normalized spacial score (nSPS) is 15.8. The molecule has 8 nitrogen and oxygen atoms in total. The smallest absolute Gasteiger partial charge is 0.260 e. The van der Waals surface area contributed by atoms with Crippen molar-refractivity contribution in [1.82, 2.24) is 19.8 Å². The van der Waals surface area contributed by atoms with E-state index in [0.29, 0.717) is 29.6 Å². The van der Waals surface area contributed by atoms with Crippen LogP contribution in [-0.4, -0.2) is 32.3 Å². The van der Waals surface area contributed by atoms with Crippen molar-refractivity contribution in [3.63, 3.8) is 0 Å². The van der Waals surface area contributed by atoms with Crippen molar-refractivity contribution in [2.75, 3.05) is 16.8 Å². The maximum absolute atomic E-state index is 14.4. The third-order valence-electron chi connectivity index (χ3n) is 5.59. The highest BCUT2D eigenvalue weighted by Crippen LogP contribution is 2.38. The zero-order chi connectivity index (χ0) is 22.2. The third kappa shape index (κ3) is 3.43. The van der Waals surface area contributed by atoms with Crippen LogP contribution in [0.1, 0.15) is 40.5 Å². The molecule has 3 aromatic heterocycles. The molecule has 4 aromatic rings. The predicted molar refractivity (Wildman–Crippen MR) is 112 cm³/mol. The molecule has 0 bridgehead atoms. The molecule has 0 saturated carbocycles. The van der Waals surface area contributed by atoms with Gasteiger partial charge in [-0.25, -0.2) is 13.3 Å². The summed E-state index contributed by atoms with van der Waals surface area (Å²) >= 11 is 0. The Labute approximate surface area is 181 Å². The van der Waals surface area contributed by atoms with Gasteiger partial charge in [-0.2, -0.15) is 15.5 Å². The number of rotatable bonds is 4. The largest absolute Gasteiger partial charge is 0.364 e. The summed E-state index contributed by atoms with van der Waals surface area (Å²) < 4.78 is 29.8. The topological polar surface area (TPSA) is 102 Å². The number of benzene rings is 1. The van der Waals surface area contributed by atoms with Crippen molar-refractivity contribution in [2.45, 2.75) is 18.9 Å². The second kappa shape index (κ2) is 7.77. The highest BCUT2D eigenvalue weighted by molar-refractivity contribution is 6.08. The van der Waals surface area contributed by atoms with Crippen molar-refractivity contribution in [1.29, 1.82) is 5.26 Å². The first-order chi connectivity index (χ1) is 15.5. The molecule has 1 aliphatic rings. The maximum Gasteiger partial charge on any atom is 0.260 e. The van der Waals surface area contributed by atoms with Gasteiger partial charge in [-0.3, -0.25) is 9.89 Å². The number of carbonyl (C=O) groups is 1. The van der Waals surface area contributed by atoms with Crippen molar-refractivity contribution in [3.8, 4) is 6.07 Å². The molecule has 4 heterocycles. The quantitative estimate of drug-likeness (QED) is 0.510. The minimum absolute atomic E-state index is 0.225. The van der Waals surface area contributed by atoms with Crippen LogP contribution in [0.25, 0.3) is 5.52 Å². The Hall–Kier alpha value is -4.26. The van der Waals surface area contributed by atoms with E-state index in [4.69, 9.17) is 5.26 Å². The fourth-order valence-electron chi connectivity index (χ4n) is 4.12. The molecule has 1 aliphatic heterocycles. The lowest BCUT2D eigenvalue weighted by molar-refractivity contribution is 0.102. The summed E-state index contributed by atoms with van der Waals surface area (Å²) in [6, 6.07) is 10.2. The number of fused-ring (bicyclic) bond motifs is 1. The maximum atomic E-state index is 14.4.